The van der Waals surface area contributed by atoms with Crippen LogP contribution in [0.3, 0.4) is 0 Å². The van der Waals surface area contributed by atoms with Crippen molar-refractivity contribution >= 4 is 16.5 Å². The highest BCUT2D eigenvalue weighted by atomic mass is 32.1. The number of rotatable bonds is 5. The van der Waals surface area contributed by atoms with E-state index in [0.29, 0.717) is 12.2 Å². The molecule has 6 nitrogen and oxygen atoms in total. The highest BCUT2D eigenvalue weighted by molar-refractivity contribution is 7.14. The summed E-state index contributed by atoms with van der Waals surface area (Å²) in [5.74, 6) is 0.821. The first-order chi connectivity index (χ1) is 12.1. The molecule has 126 valence electrons. The fraction of sp³-hybridized carbons (Fsp3) is 0.167. The molecule has 0 aliphatic carbocycles. The molecule has 0 atom stereocenters. The number of aromatic amines is 1. The average Bonchev–Trinajstić information content (AvgIpc) is 3.09. The summed E-state index contributed by atoms with van der Waals surface area (Å²) >= 11 is 1.48. The topological polar surface area (TPSA) is 90.8 Å². The molecule has 25 heavy (non-hydrogen) atoms. The van der Waals surface area contributed by atoms with Gasteiger partial charge in [-0.3, -0.25) is 4.79 Å². The zero-order valence-corrected chi connectivity index (χ0v) is 14.6. The summed E-state index contributed by atoms with van der Waals surface area (Å²) in [5, 5.41) is 15.0. The van der Waals surface area contributed by atoms with Crippen molar-refractivity contribution < 1.29 is 4.74 Å². The third-order valence-corrected chi connectivity index (χ3v) is 4.54. The number of hydrogen-bond acceptors (Lipinski definition) is 6. The number of benzene rings is 1. The molecule has 0 saturated carbocycles. The zero-order chi connectivity index (χ0) is 17.8. The second-order valence-electron chi connectivity index (χ2n) is 5.40. The molecule has 0 fully saturated rings. The molecule has 0 bridgehead atoms. The van der Waals surface area contributed by atoms with Crippen molar-refractivity contribution in [2.24, 2.45) is 0 Å². The Hall–Kier alpha value is -3.11. The van der Waals surface area contributed by atoms with Gasteiger partial charge in [0, 0.05) is 23.2 Å². The lowest BCUT2D eigenvalue weighted by atomic mass is 10.1. The molecule has 0 amide bonds. The van der Waals surface area contributed by atoms with Crippen molar-refractivity contribution in [2.75, 3.05) is 12.4 Å². The highest BCUT2D eigenvalue weighted by Gasteiger charge is 2.11. The molecule has 0 unspecified atom stereocenters. The van der Waals surface area contributed by atoms with Crippen LogP contribution in [0.1, 0.15) is 16.8 Å². The van der Waals surface area contributed by atoms with Gasteiger partial charge in [0.2, 0.25) is 0 Å². The van der Waals surface area contributed by atoms with Gasteiger partial charge in [-0.1, -0.05) is 12.1 Å². The van der Waals surface area contributed by atoms with Crippen LogP contribution in [-0.2, 0) is 6.54 Å². The molecule has 3 rings (SSSR count). The molecule has 2 heterocycles. The molecule has 0 radical (unpaired) electrons. The predicted molar refractivity (Wildman–Crippen MR) is 97.9 cm³/mol. The summed E-state index contributed by atoms with van der Waals surface area (Å²) in [5.41, 5.74) is 3.00. The lowest BCUT2D eigenvalue weighted by molar-refractivity contribution is 0.414. The van der Waals surface area contributed by atoms with E-state index < -0.39 is 0 Å². The molecule has 0 aliphatic rings. The summed E-state index contributed by atoms with van der Waals surface area (Å²) < 4.78 is 5.14. The maximum atomic E-state index is 11.6. The van der Waals surface area contributed by atoms with E-state index in [0.717, 1.165) is 27.7 Å². The van der Waals surface area contributed by atoms with Gasteiger partial charge in [0.1, 0.15) is 17.4 Å². The number of nitriles is 1. The van der Waals surface area contributed by atoms with Crippen molar-refractivity contribution in [2.45, 2.75) is 13.5 Å². The number of H-pyrrole nitrogens is 1. The molecule has 2 aromatic heterocycles. The van der Waals surface area contributed by atoms with E-state index in [4.69, 9.17) is 10.00 Å². The Morgan fingerprint density at radius 2 is 2.12 bits per heavy atom. The highest BCUT2D eigenvalue weighted by Crippen LogP contribution is 2.27. The quantitative estimate of drug-likeness (QED) is 0.735. The predicted octanol–water partition coefficient (Wildman–Crippen LogP) is 3.30. The van der Waals surface area contributed by atoms with Gasteiger partial charge in [-0.25, -0.2) is 4.98 Å². The van der Waals surface area contributed by atoms with Gasteiger partial charge < -0.3 is 15.0 Å². The Kier molecular flexibility index (Phi) is 4.82. The number of aryl methyl sites for hydroxylation is 1. The van der Waals surface area contributed by atoms with Crippen molar-refractivity contribution in [1.29, 1.82) is 5.26 Å². The SMILES string of the molecule is COc1ccc(CNc2nc(-c3cc(C#N)c(=O)[nH]c3C)cs2)cc1. The number of thiazole rings is 1. The molecule has 0 spiro atoms. The molecule has 1 aromatic carbocycles. The molecule has 2 N–H and O–H groups in total. The minimum Gasteiger partial charge on any atom is -0.497 e. The van der Waals surface area contributed by atoms with Crippen LogP contribution >= 0.6 is 11.3 Å². The normalized spacial score (nSPS) is 10.3. The largest absolute Gasteiger partial charge is 0.497 e. The van der Waals surface area contributed by atoms with E-state index in [1.807, 2.05) is 35.7 Å². The van der Waals surface area contributed by atoms with Crippen molar-refractivity contribution in [3.05, 3.63) is 62.9 Å². The Morgan fingerprint density at radius 1 is 1.36 bits per heavy atom. The fourth-order valence-corrected chi connectivity index (χ4v) is 3.08. The summed E-state index contributed by atoms with van der Waals surface area (Å²) in [6.45, 7) is 2.44. The number of nitrogens with zero attached hydrogens (tertiary/aromatic N) is 2. The standard InChI is InChI=1S/C18H16N4O2S/c1-11-15(7-13(8-19)17(23)21-11)16-10-25-18(22-16)20-9-12-3-5-14(24-2)6-4-12/h3-7,10H,9H2,1-2H3,(H,20,22)(H,21,23). The molecule has 7 heteroatoms. The van der Waals surface area contributed by atoms with E-state index in [-0.39, 0.29) is 11.1 Å². The Bertz CT molecular complexity index is 984. The first-order valence-corrected chi connectivity index (χ1v) is 8.45. The molecule has 0 saturated heterocycles. The number of nitrogens with one attached hydrogen (secondary N) is 2. The van der Waals surface area contributed by atoms with Gasteiger partial charge >= 0.3 is 0 Å². The summed E-state index contributed by atoms with van der Waals surface area (Å²) in [6, 6.07) is 11.3. The maximum Gasteiger partial charge on any atom is 0.266 e. The Labute approximate surface area is 148 Å². The van der Waals surface area contributed by atoms with Crippen LogP contribution in [0.4, 0.5) is 5.13 Å². The van der Waals surface area contributed by atoms with Gasteiger partial charge in [0.25, 0.3) is 5.56 Å². The lowest BCUT2D eigenvalue weighted by Crippen LogP contribution is -2.12. The second-order valence-corrected chi connectivity index (χ2v) is 6.26. The first kappa shape index (κ1) is 16.7. The Balaban J connectivity index is 1.76. The first-order valence-electron chi connectivity index (χ1n) is 7.57. The third kappa shape index (κ3) is 3.70. The van der Waals surface area contributed by atoms with Gasteiger partial charge in [0.15, 0.2) is 5.13 Å². The number of pyridine rings is 1. The third-order valence-electron chi connectivity index (χ3n) is 3.74. The van der Waals surface area contributed by atoms with E-state index in [9.17, 15) is 4.79 Å². The molecular weight excluding hydrogens is 336 g/mol. The van der Waals surface area contributed by atoms with Crippen LogP contribution in [0.25, 0.3) is 11.3 Å². The molecular formula is C18H16N4O2S. The van der Waals surface area contributed by atoms with E-state index in [1.54, 1.807) is 20.1 Å². The number of ether oxygens (including phenoxy) is 1. The number of anilines is 1. The van der Waals surface area contributed by atoms with Gasteiger partial charge in [-0.2, -0.15) is 5.26 Å². The molecule has 0 aliphatic heterocycles. The number of aromatic nitrogens is 2. The Morgan fingerprint density at radius 3 is 2.80 bits per heavy atom. The zero-order valence-electron chi connectivity index (χ0n) is 13.8. The van der Waals surface area contributed by atoms with Crippen molar-refractivity contribution in [1.82, 2.24) is 9.97 Å². The average molecular weight is 352 g/mol. The minimum atomic E-state index is -0.378. The summed E-state index contributed by atoms with van der Waals surface area (Å²) in [7, 11) is 1.64. The maximum absolute atomic E-state index is 11.6. The van der Waals surface area contributed by atoms with Crippen LogP contribution in [-0.4, -0.2) is 17.1 Å². The lowest BCUT2D eigenvalue weighted by Gasteiger charge is -2.05. The summed E-state index contributed by atoms with van der Waals surface area (Å²) in [6.07, 6.45) is 0. The number of hydrogen-bond donors (Lipinski definition) is 2. The minimum absolute atomic E-state index is 0.0846. The number of methoxy groups -OCH3 is 1. The smallest absolute Gasteiger partial charge is 0.266 e. The fourth-order valence-electron chi connectivity index (χ4n) is 2.37. The van der Waals surface area contributed by atoms with Gasteiger partial charge in [0.05, 0.1) is 12.8 Å². The van der Waals surface area contributed by atoms with Crippen LogP contribution in [0, 0.1) is 18.3 Å². The second kappa shape index (κ2) is 7.20. The van der Waals surface area contributed by atoms with Crippen LogP contribution < -0.4 is 15.6 Å². The van der Waals surface area contributed by atoms with Crippen molar-refractivity contribution in [3.8, 4) is 23.1 Å². The van der Waals surface area contributed by atoms with Crippen LogP contribution in [0.2, 0.25) is 0 Å². The summed E-state index contributed by atoms with van der Waals surface area (Å²) in [4.78, 5) is 18.9. The van der Waals surface area contributed by atoms with Gasteiger partial charge in [-0.15, -0.1) is 11.3 Å². The van der Waals surface area contributed by atoms with E-state index >= 15 is 0 Å². The van der Waals surface area contributed by atoms with E-state index in [1.165, 1.54) is 11.3 Å². The van der Waals surface area contributed by atoms with Crippen LogP contribution in [0.15, 0.2) is 40.5 Å². The van der Waals surface area contributed by atoms with Gasteiger partial charge in [-0.05, 0) is 30.7 Å². The van der Waals surface area contributed by atoms with Crippen molar-refractivity contribution in [3.63, 3.8) is 0 Å². The van der Waals surface area contributed by atoms with Crippen LogP contribution in [0.5, 0.6) is 5.75 Å². The molecule has 3 aromatic rings. The monoisotopic (exact) mass is 352 g/mol. The van der Waals surface area contributed by atoms with E-state index in [2.05, 4.69) is 15.3 Å².